The Morgan fingerprint density at radius 1 is 1.16 bits per heavy atom. The summed E-state index contributed by atoms with van der Waals surface area (Å²) in [5.41, 5.74) is 0.710. The second-order valence-electron chi connectivity index (χ2n) is 4.23. The van der Waals surface area contributed by atoms with Gasteiger partial charge in [-0.15, -0.1) is 0 Å². The van der Waals surface area contributed by atoms with Crippen LogP contribution >= 0.6 is 11.6 Å². The van der Waals surface area contributed by atoms with Crippen LogP contribution in [0.25, 0.3) is 0 Å². The zero-order chi connectivity index (χ0) is 14.0. The molecule has 0 bridgehead atoms. The van der Waals surface area contributed by atoms with Crippen molar-refractivity contribution in [1.29, 1.82) is 0 Å². The third-order valence-electron chi connectivity index (χ3n) is 2.78. The SMILES string of the molecule is CC(Nc1cc(Cl)ccc1F)c1cc(O)ccc1O. The average molecular weight is 282 g/mol. The molecule has 2 aromatic rings. The van der Waals surface area contributed by atoms with Gasteiger partial charge in [0.05, 0.1) is 11.7 Å². The van der Waals surface area contributed by atoms with Gasteiger partial charge in [0.1, 0.15) is 17.3 Å². The summed E-state index contributed by atoms with van der Waals surface area (Å²) in [7, 11) is 0. The Balaban J connectivity index is 2.27. The first-order chi connectivity index (χ1) is 8.97. The van der Waals surface area contributed by atoms with Crippen LogP contribution in [0.5, 0.6) is 11.5 Å². The fourth-order valence-corrected chi connectivity index (χ4v) is 1.98. The first kappa shape index (κ1) is 13.5. The van der Waals surface area contributed by atoms with Crippen molar-refractivity contribution in [2.75, 3.05) is 5.32 Å². The Morgan fingerprint density at radius 3 is 2.63 bits per heavy atom. The molecule has 0 aliphatic heterocycles. The molecular weight excluding hydrogens is 269 g/mol. The smallest absolute Gasteiger partial charge is 0.146 e. The number of benzene rings is 2. The summed E-state index contributed by atoms with van der Waals surface area (Å²) >= 11 is 5.81. The van der Waals surface area contributed by atoms with E-state index in [0.717, 1.165) is 0 Å². The minimum Gasteiger partial charge on any atom is -0.508 e. The van der Waals surface area contributed by atoms with E-state index in [1.54, 1.807) is 6.92 Å². The van der Waals surface area contributed by atoms with E-state index < -0.39 is 5.82 Å². The summed E-state index contributed by atoms with van der Waals surface area (Å²) in [5, 5.41) is 22.5. The largest absolute Gasteiger partial charge is 0.508 e. The molecule has 0 spiro atoms. The molecule has 2 rings (SSSR count). The van der Waals surface area contributed by atoms with Crippen molar-refractivity contribution in [3.63, 3.8) is 0 Å². The minimum atomic E-state index is -0.434. The van der Waals surface area contributed by atoms with Gasteiger partial charge in [-0.05, 0) is 43.3 Å². The molecule has 1 atom stereocenters. The maximum atomic E-state index is 13.6. The van der Waals surface area contributed by atoms with Gasteiger partial charge < -0.3 is 15.5 Å². The first-order valence-corrected chi connectivity index (χ1v) is 6.08. The Kier molecular flexibility index (Phi) is 3.81. The van der Waals surface area contributed by atoms with Gasteiger partial charge in [-0.25, -0.2) is 4.39 Å². The summed E-state index contributed by atoms with van der Waals surface area (Å²) in [5.74, 6) is -0.371. The number of aromatic hydroxyl groups is 2. The lowest BCUT2D eigenvalue weighted by Gasteiger charge is -2.17. The fraction of sp³-hybridized carbons (Fsp3) is 0.143. The van der Waals surface area contributed by atoms with Crippen LogP contribution in [0.15, 0.2) is 36.4 Å². The van der Waals surface area contributed by atoms with Crippen molar-refractivity contribution in [2.24, 2.45) is 0 Å². The van der Waals surface area contributed by atoms with Crippen LogP contribution in [0.2, 0.25) is 5.02 Å². The van der Waals surface area contributed by atoms with Gasteiger partial charge in [0.25, 0.3) is 0 Å². The third-order valence-corrected chi connectivity index (χ3v) is 3.01. The Morgan fingerprint density at radius 2 is 1.89 bits per heavy atom. The molecule has 0 saturated carbocycles. The molecule has 100 valence electrons. The molecule has 3 nitrogen and oxygen atoms in total. The van der Waals surface area contributed by atoms with E-state index in [2.05, 4.69) is 5.32 Å². The summed E-state index contributed by atoms with van der Waals surface area (Å²) < 4.78 is 13.6. The summed E-state index contributed by atoms with van der Waals surface area (Å²) in [6, 6.07) is 7.99. The quantitative estimate of drug-likeness (QED) is 0.744. The normalized spacial score (nSPS) is 12.2. The van der Waals surface area contributed by atoms with E-state index in [0.29, 0.717) is 10.6 Å². The van der Waals surface area contributed by atoms with E-state index in [-0.39, 0.29) is 23.2 Å². The fourth-order valence-electron chi connectivity index (χ4n) is 1.81. The molecule has 3 N–H and O–H groups in total. The zero-order valence-electron chi connectivity index (χ0n) is 10.2. The highest BCUT2D eigenvalue weighted by Crippen LogP contribution is 2.31. The second kappa shape index (κ2) is 5.36. The maximum Gasteiger partial charge on any atom is 0.146 e. The lowest BCUT2D eigenvalue weighted by Crippen LogP contribution is -2.08. The molecule has 19 heavy (non-hydrogen) atoms. The molecule has 0 radical (unpaired) electrons. The number of nitrogens with one attached hydrogen (secondary N) is 1. The van der Waals surface area contributed by atoms with Crippen LogP contribution in [0.3, 0.4) is 0 Å². The molecular formula is C14H13ClFNO2. The van der Waals surface area contributed by atoms with Crippen molar-refractivity contribution in [3.8, 4) is 11.5 Å². The van der Waals surface area contributed by atoms with Crippen molar-refractivity contribution in [1.82, 2.24) is 0 Å². The number of hydrogen-bond acceptors (Lipinski definition) is 3. The van der Waals surface area contributed by atoms with Gasteiger partial charge in [-0.2, -0.15) is 0 Å². The van der Waals surface area contributed by atoms with Gasteiger partial charge >= 0.3 is 0 Å². The molecule has 0 aliphatic carbocycles. The predicted octanol–water partition coefficient (Wildman–Crippen LogP) is 4.06. The van der Waals surface area contributed by atoms with Crippen LogP contribution in [0.1, 0.15) is 18.5 Å². The molecule has 1 unspecified atom stereocenters. The highest BCUT2D eigenvalue weighted by Gasteiger charge is 2.13. The van der Waals surface area contributed by atoms with Gasteiger partial charge in [0, 0.05) is 10.6 Å². The number of phenols is 2. The lowest BCUT2D eigenvalue weighted by atomic mass is 10.1. The number of hydrogen-bond donors (Lipinski definition) is 3. The molecule has 0 aliphatic rings. The van der Waals surface area contributed by atoms with Crippen molar-refractivity contribution in [2.45, 2.75) is 13.0 Å². The molecule has 0 saturated heterocycles. The number of phenolic OH excluding ortho intramolecular Hbond substituents is 2. The van der Waals surface area contributed by atoms with E-state index >= 15 is 0 Å². The number of rotatable bonds is 3. The van der Waals surface area contributed by atoms with E-state index in [4.69, 9.17) is 11.6 Å². The highest BCUT2D eigenvalue weighted by atomic mass is 35.5. The Hall–Kier alpha value is -1.94. The molecule has 0 fully saturated rings. The average Bonchev–Trinajstić information content (AvgIpc) is 2.36. The monoisotopic (exact) mass is 281 g/mol. The Labute approximate surface area is 115 Å². The lowest BCUT2D eigenvalue weighted by molar-refractivity contribution is 0.451. The third kappa shape index (κ3) is 3.09. The standard InChI is InChI=1S/C14H13ClFNO2/c1-8(11-7-10(18)3-5-14(11)19)17-13-6-9(15)2-4-12(13)16/h2-8,17-19H,1H3. The molecule has 5 heteroatoms. The van der Waals surface area contributed by atoms with Crippen LogP contribution < -0.4 is 5.32 Å². The van der Waals surface area contributed by atoms with Gasteiger partial charge in [0.2, 0.25) is 0 Å². The van der Waals surface area contributed by atoms with Gasteiger partial charge in [-0.1, -0.05) is 11.6 Å². The van der Waals surface area contributed by atoms with Crippen LogP contribution in [0.4, 0.5) is 10.1 Å². The zero-order valence-corrected chi connectivity index (χ0v) is 10.9. The summed E-state index contributed by atoms with van der Waals surface area (Å²) in [4.78, 5) is 0. The summed E-state index contributed by atoms with van der Waals surface area (Å²) in [6.45, 7) is 1.74. The summed E-state index contributed by atoms with van der Waals surface area (Å²) in [6.07, 6.45) is 0. The van der Waals surface area contributed by atoms with Gasteiger partial charge in [-0.3, -0.25) is 0 Å². The maximum absolute atomic E-state index is 13.6. The molecule has 0 amide bonds. The van der Waals surface area contributed by atoms with Crippen molar-refractivity contribution < 1.29 is 14.6 Å². The van der Waals surface area contributed by atoms with Crippen molar-refractivity contribution >= 4 is 17.3 Å². The topological polar surface area (TPSA) is 52.5 Å². The number of anilines is 1. The molecule has 0 aromatic heterocycles. The first-order valence-electron chi connectivity index (χ1n) is 5.71. The molecule has 2 aromatic carbocycles. The number of halogens is 2. The second-order valence-corrected chi connectivity index (χ2v) is 4.67. The van der Waals surface area contributed by atoms with E-state index in [1.165, 1.54) is 36.4 Å². The van der Waals surface area contributed by atoms with Crippen LogP contribution in [0, 0.1) is 5.82 Å². The Bertz CT molecular complexity index is 604. The predicted molar refractivity (Wildman–Crippen MR) is 73.2 cm³/mol. The van der Waals surface area contributed by atoms with Crippen LogP contribution in [-0.2, 0) is 0 Å². The highest BCUT2D eigenvalue weighted by molar-refractivity contribution is 6.30. The van der Waals surface area contributed by atoms with Crippen molar-refractivity contribution in [3.05, 3.63) is 52.8 Å². The molecule has 0 heterocycles. The van der Waals surface area contributed by atoms with Crippen LogP contribution in [-0.4, -0.2) is 10.2 Å². The van der Waals surface area contributed by atoms with E-state index in [1.807, 2.05) is 0 Å². The van der Waals surface area contributed by atoms with E-state index in [9.17, 15) is 14.6 Å². The van der Waals surface area contributed by atoms with Gasteiger partial charge in [0.15, 0.2) is 0 Å². The minimum absolute atomic E-state index is 0.0280.